The van der Waals surface area contributed by atoms with Gasteiger partial charge >= 0.3 is 0 Å². The second-order valence-corrected chi connectivity index (χ2v) is 6.60. The Labute approximate surface area is 170 Å². The molecule has 6 heteroatoms. The summed E-state index contributed by atoms with van der Waals surface area (Å²) in [7, 11) is 3.79. The molecule has 2 aromatic heterocycles. The van der Waals surface area contributed by atoms with Crippen molar-refractivity contribution >= 4 is 16.7 Å². The summed E-state index contributed by atoms with van der Waals surface area (Å²) in [6, 6.07) is 18.2. The van der Waals surface area contributed by atoms with Crippen LogP contribution in [0.5, 0.6) is 5.75 Å². The Bertz CT molecular complexity index is 1100. The van der Waals surface area contributed by atoms with E-state index >= 15 is 0 Å². The number of nitrogens with one attached hydrogen (secondary N) is 2. The number of fused-ring (bicyclic) bond motifs is 1. The van der Waals surface area contributed by atoms with Crippen molar-refractivity contribution in [2.24, 2.45) is 0 Å². The molecule has 2 aromatic carbocycles. The van der Waals surface area contributed by atoms with Crippen molar-refractivity contribution in [3.8, 4) is 28.3 Å². The topological polar surface area (TPSA) is 72.0 Å². The minimum Gasteiger partial charge on any atom is -0.492 e. The highest BCUT2D eigenvalue weighted by Crippen LogP contribution is 2.30. The Morgan fingerprint density at radius 2 is 1.72 bits per heavy atom. The number of ether oxygens (including phenoxy) is 1. The molecule has 0 saturated carbocycles. The van der Waals surface area contributed by atoms with Crippen LogP contribution in [0.2, 0.25) is 0 Å². The van der Waals surface area contributed by atoms with Crippen molar-refractivity contribution in [2.75, 3.05) is 32.6 Å². The van der Waals surface area contributed by atoms with Crippen LogP contribution < -0.4 is 15.4 Å². The second kappa shape index (κ2) is 8.67. The molecule has 0 spiro atoms. The molecule has 0 radical (unpaired) electrons. The van der Waals surface area contributed by atoms with Crippen LogP contribution in [-0.2, 0) is 0 Å². The van der Waals surface area contributed by atoms with E-state index in [4.69, 9.17) is 14.7 Å². The van der Waals surface area contributed by atoms with Gasteiger partial charge < -0.3 is 15.4 Å². The molecule has 0 fully saturated rings. The summed E-state index contributed by atoms with van der Waals surface area (Å²) < 4.78 is 5.70. The van der Waals surface area contributed by atoms with E-state index in [2.05, 4.69) is 39.9 Å². The van der Waals surface area contributed by atoms with Crippen molar-refractivity contribution in [3.63, 3.8) is 0 Å². The number of rotatable bonds is 7. The molecule has 29 heavy (non-hydrogen) atoms. The third-order valence-electron chi connectivity index (χ3n) is 4.66. The minimum atomic E-state index is 0.647. The molecule has 0 aliphatic carbocycles. The molecule has 0 saturated heterocycles. The lowest BCUT2D eigenvalue weighted by molar-refractivity contribution is 0.318. The monoisotopic (exact) mass is 385 g/mol. The maximum atomic E-state index is 5.70. The van der Waals surface area contributed by atoms with Crippen molar-refractivity contribution in [1.82, 2.24) is 20.3 Å². The summed E-state index contributed by atoms with van der Waals surface area (Å²) in [5, 5.41) is 7.25. The smallest absolute Gasteiger partial charge is 0.163 e. The third-order valence-corrected chi connectivity index (χ3v) is 4.66. The number of hydrogen-bond donors (Lipinski definition) is 2. The summed E-state index contributed by atoms with van der Waals surface area (Å²) in [4.78, 5) is 13.6. The fourth-order valence-corrected chi connectivity index (χ4v) is 3.14. The lowest BCUT2D eigenvalue weighted by Crippen LogP contribution is -2.15. The first-order chi connectivity index (χ1) is 14.3. The highest BCUT2D eigenvalue weighted by molar-refractivity contribution is 5.93. The van der Waals surface area contributed by atoms with Gasteiger partial charge in [-0.05, 0) is 54.6 Å². The Morgan fingerprint density at radius 1 is 0.897 bits per heavy atom. The number of anilines is 1. The quantitative estimate of drug-likeness (QED) is 0.469. The van der Waals surface area contributed by atoms with Gasteiger partial charge in [0.05, 0.1) is 5.52 Å². The summed E-state index contributed by atoms with van der Waals surface area (Å²) in [5.41, 5.74) is 4.00. The Hall–Kier alpha value is -3.51. The van der Waals surface area contributed by atoms with Gasteiger partial charge in [-0.15, -0.1) is 0 Å². The van der Waals surface area contributed by atoms with Crippen LogP contribution in [0.1, 0.15) is 0 Å². The zero-order valence-corrected chi connectivity index (χ0v) is 16.5. The minimum absolute atomic E-state index is 0.647. The number of benzene rings is 2. The van der Waals surface area contributed by atoms with Gasteiger partial charge in [0.25, 0.3) is 0 Å². The van der Waals surface area contributed by atoms with Crippen LogP contribution >= 0.6 is 0 Å². The average Bonchev–Trinajstić information content (AvgIpc) is 2.79. The summed E-state index contributed by atoms with van der Waals surface area (Å²) in [5.74, 6) is 2.32. The molecule has 2 N–H and O–H groups in total. The van der Waals surface area contributed by atoms with Crippen LogP contribution in [0.3, 0.4) is 0 Å². The number of pyridine rings is 1. The molecule has 4 rings (SSSR count). The summed E-state index contributed by atoms with van der Waals surface area (Å²) in [6.07, 6.45) is 3.52. The van der Waals surface area contributed by atoms with E-state index in [-0.39, 0.29) is 0 Å². The first-order valence-corrected chi connectivity index (χ1v) is 9.56. The number of likely N-dealkylation sites (N-methyl/N-ethyl adjacent to an activating group) is 1. The molecule has 0 unspecified atom stereocenters. The van der Waals surface area contributed by atoms with Crippen molar-refractivity contribution in [2.45, 2.75) is 0 Å². The van der Waals surface area contributed by atoms with Gasteiger partial charge in [0.1, 0.15) is 18.2 Å². The SMILES string of the molecule is CNCCOc1ccc(-c2ccc3nc(-c4cccnc4)nc(NC)c3c2)cc1. The molecular weight excluding hydrogens is 362 g/mol. The molecule has 146 valence electrons. The maximum absolute atomic E-state index is 5.70. The summed E-state index contributed by atoms with van der Waals surface area (Å²) in [6.45, 7) is 1.47. The number of aromatic nitrogens is 3. The summed E-state index contributed by atoms with van der Waals surface area (Å²) >= 11 is 0. The van der Waals surface area contributed by atoms with Gasteiger partial charge in [-0.25, -0.2) is 9.97 Å². The van der Waals surface area contributed by atoms with Gasteiger partial charge in [0, 0.05) is 36.9 Å². The maximum Gasteiger partial charge on any atom is 0.163 e. The molecule has 4 aromatic rings. The predicted octanol–water partition coefficient (Wildman–Crippen LogP) is 4.00. The largest absolute Gasteiger partial charge is 0.492 e. The fourth-order valence-electron chi connectivity index (χ4n) is 3.14. The Balaban J connectivity index is 1.67. The van der Waals surface area contributed by atoms with E-state index in [0.29, 0.717) is 12.4 Å². The average molecular weight is 385 g/mol. The molecule has 0 atom stereocenters. The molecule has 0 amide bonds. The van der Waals surface area contributed by atoms with Gasteiger partial charge in [-0.2, -0.15) is 0 Å². The highest BCUT2D eigenvalue weighted by Gasteiger charge is 2.10. The molecular formula is C23H23N5O. The third kappa shape index (κ3) is 4.17. The molecule has 0 bridgehead atoms. The Kier molecular flexibility index (Phi) is 5.63. The van der Waals surface area contributed by atoms with E-state index in [0.717, 1.165) is 45.7 Å². The van der Waals surface area contributed by atoms with Gasteiger partial charge in [-0.1, -0.05) is 18.2 Å². The zero-order chi connectivity index (χ0) is 20.1. The molecule has 6 nitrogen and oxygen atoms in total. The first-order valence-electron chi connectivity index (χ1n) is 9.56. The van der Waals surface area contributed by atoms with Gasteiger partial charge in [0.15, 0.2) is 5.82 Å². The highest BCUT2D eigenvalue weighted by atomic mass is 16.5. The van der Waals surface area contributed by atoms with Crippen LogP contribution in [0.4, 0.5) is 5.82 Å². The molecule has 0 aliphatic heterocycles. The predicted molar refractivity (Wildman–Crippen MR) is 117 cm³/mol. The van der Waals surface area contributed by atoms with E-state index < -0.39 is 0 Å². The van der Waals surface area contributed by atoms with Crippen molar-refractivity contribution < 1.29 is 4.74 Å². The first kappa shape index (κ1) is 18.8. The number of nitrogens with zero attached hydrogens (tertiary/aromatic N) is 3. The number of hydrogen-bond acceptors (Lipinski definition) is 6. The van der Waals surface area contributed by atoms with Crippen LogP contribution in [0.15, 0.2) is 67.0 Å². The van der Waals surface area contributed by atoms with Crippen LogP contribution in [0, 0.1) is 0 Å². The van der Waals surface area contributed by atoms with E-state index in [1.54, 1.807) is 12.4 Å². The van der Waals surface area contributed by atoms with Crippen LogP contribution in [0.25, 0.3) is 33.4 Å². The van der Waals surface area contributed by atoms with Crippen molar-refractivity contribution in [3.05, 3.63) is 67.0 Å². The standard InChI is InChI=1S/C23H23N5O/c1-24-12-13-29-19-8-5-16(6-9-19)17-7-10-21-20(14-17)23(25-2)28-22(27-21)18-4-3-11-26-15-18/h3-11,14-15,24H,12-13H2,1-2H3,(H,25,27,28). The van der Waals surface area contributed by atoms with Gasteiger partial charge in [0.2, 0.25) is 0 Å². The molecule has 0 aliphatic rings. The normalized spacial score (nSPS) is 10.8. The van der Waals surface area contributed by atoms with Crippen molar-refractivity contribution in [1.29, 1.82) is 0 Å². The Morgan fingerprint density at radius 3 is 2.45 bits per heavy atom. The lowest BCUT2D eigenvalue weighted by atomic mass is 10.0. The second-order valence-electron chi connectivity index (χ2n) is 6.60. The van der Waals surface area contributed by atoms with E-state index in [1.165, 1.54) is 0 Å². The lowest BCUT2D eigenvalue weighted by Gasteiger charge is -2.11. The fraction of sp³-hybridized carbons (Fsp3) is 0.174. The van der Waals surface area contributed by atoms with E-state index in [9.17, 15) is 0 Å². The van der Waals surface area contributed by atoms with E-state index in [1.807, 2.05) is 44.4 Å². The molecule has 2 heterocycles. The zero-order valence-electron chi connectivity index (χ0n) is 16.5. The van der Waals surface area contributed by atoms with Crippen LogP contribution in [-0.4, -0.2) is 42.2 Å². The van der Waals surface area contributed by atoms with Gasteiger partial charge in [-0.3, -0.25) is 4.98 Å².